The fourth-order valence-electron chi connectivity index (χ4n) is 3.72. The van der Waals surface area contributed by atoms with Crippen LogP contribution in [-0.4, -0.2) is 31.6 Å². The molecule has 0 radical (unpaired) electrons. The molecule has 0 saturated heterocycles. The van der Waals surface area contributed by atoms with Crippen molar-refractivity contribution in [2.24, 2.45) is 0 Å². The molecule has 0 aliphatic heterocycles. The Kier molecular flexibility index (Phi) is 6.07. The number of hydrogen-bond acceptors (Lipinski definition) is 4. The molecule has 3 aromatic heterocycles. The SMILES string of the molecule is Cc1ccc2nc(COc3ccc(C(=O)NCCc4cnn(-c5ccccc5)c4)cc3)cn2c1. The van der Waals surface area contributed by atoms with Gasteiger partial charge in [-0.25, -0.2) is 9.67 Å². The van der Waals surface area contributed by atoms with Crippen molar-refractivity contribution in [3.8, 4) is 11.4 Å². The maximum absolute atomic E-state index is 12.5. The molecular weight excluding hydrogens is 426 g/mol. The molecule has 5 aromatic rings. The Bertz CT molecular complexity index is 1400. The van der Waals surface area contributed by atoms with Crippen LogP contribution in [0.1, 0.15) is 27.2 Å². The zero-order valence-corrected chi connectivity index (χ0v) is 18.9. The molecule has 0 spiro atoms. The highest BCUT2D eigenvalue weighted by molar-refractivity contribution is 5.94. The van der Waals surface area contributed by atoms with Crippen LogP contribution in [0, 0.1) is 6.92 Å². The number of benzene rings is 2. The van der Waals surface area contributed by atoms with Gasteiger partial charge in [-0.3, -0.25) is 4.79 Å². The summed E-state index contributed by atoms with van der Waals surface area (Å²) < 4.78 is 9.68. The van der Waals surface area contributed by atoms with Gasteiger partial charge in [0, 0.05) is 30.7 Å². The average molecular weight is 452 g/mol. The van der Waals surface area contributed by atoms with Crippen molar-refractivity contribution >= 4 is 11.6 Å². The summed E-state index contributed by atoms with van der Waals surface area (Å²) in [6.07, 6.45) is 8.52. The normalized spacial score (nSPS) is 11.0. The van der Waals surface area contributed by atoms with E-state index in [1.807, 2.05) is 83.3 Å². The maximum Gasteiger partial charge on any atom is 0.251 e. The van der Waals surface area contributed by atoms with Crippen LogP contribution in [-0.2, 0) is 13.0 Å². The largest absolute Gasteiger partial charge is 0.487 e. The molecule has 34 heavy (non-hydrogen) atoms. The van der Waals surface area contributed by atoms with E-state index in [4.69, 9.17) is 4.74 Å². The minimum absolute atomic E-state index is 0.113. The highest BCUT2D eigenvalue weighted by Gasteiger charge is 2.08. The van der Waals surface area contributed by atoms with E-state index in [2.05, 4.69) is 15.4 Å². The van der Waals surface area contributed by atoms with Gasteiger partial charge in [0.1, 0.15) is 18.0 Å². The lowest BCUT2D eigenvalue weighted by atomic mass is 10.2. The molecule has 0 atom stereocenters. The zero-order chi connectivity index (χ0) is 23.3. The van der Waals surface area contributed by atoms with Crippen LogP contribution in [0.15, 0.2) is 91.5 Å². The van der Waals surface area contributed by atoms with Crippen LogP contribution in [0.4, 0.5) is 0 Å². The lowest BCUT2D eigenvalue weighted by Crippen LogP contribution is -2.25. The second kappa shape index (κ2) is 9.62. The molecule has 5 rings (SSSR count). The van der Waals surface area contributed by atoms with E-state index in [0.29, 0.717) is 30.9 Å². The minimum Gasteiger partial charge on any atom is -0.487 e. The van der Waals surface area contributed by atoms with Crippen molar-refractivity contribution in [2.75, 3.05) is 6.54 Å². The van der Waals surface area contributed by atoms with E-state index in [1.165, 1.54) is 5.56 Å². The van der Waals surface area contributed by atoms with E-state index >= 15 is 0 Å². The summed E-state index contributed by atoms with van der Waals surface area (Å²) in [6.45, 7) is 2.95. The zero-order valence-electron chi connectivity index (χ0n) is 18.9. The number of hydrogen-bond donors (Lipinski definition) is 1. The number of rotatable bonds is 8. The van der Waals surface area contributed by atoms with Crippen molar-refractivity contribution in [1.29, 1.82) is 0 Å². The third kappa shape index (κ3) is 4.99. The van der Waals surface area contributed by atoms with Crippen LogP contribution in [0.5, 0.6) is 5.75 Å². The first kappa shape index (κ1) is 21.5. The number of fused-ring (bicyclic) bond motifs is 1. The van der Waals surface area contributed by atoms with Gasteiger partial charge in [0.25, 0.3) is 5.91 Å². The lowest BCUT2D eigenvalue weighted by Gasteiger charge is -2.07. The number of aromatic nitrogens is 4. The van der Waals surface area contributed by atoms with Gasteiger partial charge in [-0.15, -0.1) is 0 Å². The first-order valence-electron chi connectivity index (χ1n) is 11.2. The Hall–Kier alpha value is -4.39. The predicted molar refractivity (Wildman–Crippen MR) is 130 cm³/mol. The Morgan fingerprint density at radius 2 is 1.79 bits per heavy atom. The highest BCUT2D eigenvalue weighted by Crippen LogP contribution is 2.15. The van der Waals surface area contributed by atoms with Gasteiger partial charge in [-0.1, -0.05) is 24.3 Å². The highest BCUT2D eigenvalue weighted by atomic mass is 16.5. The van der Waals surface area contributed by atoms with Crippen molar-refractivity contribution in [2.45, 2.75) is 20.0 Å². The predicted octanol–water partition coefficient (Wildman–Crippen LogP) is 4.38. The number of nitrogens with zero attached hydrogens (tertiary/aromatic N) is 4. The molecule has 7 heteroatoms. The molecule has 0 bridgehead atoms. The van der Waals surface area contributed by atoms with Gasteiger partial charge in [0.15, 0.2) is 0 Å². The second-order valence-corrected chi connectivity index (χ2v) is 8.15. The van der Waals surface area contributed by atoms with Gasteiger partial charge in [0.2, 0.25) is 0 Å². The summed E-state index contributed by atoms with van der Waals surface area (Å²) in [5, 5.41) is 7.36. The van der Waals surface area contributed by atoms with Gasteiger partial charge in [0.05, 0.1) is 17.6 Å². The number of aryl methyl sites for hydroxylation is 1. The second-order valence-electron chi connectivity index (χ2n) is 8.15. The number of carbonyl (C=O) groups is 1. The number of carbonyl (C=O) groups excluding carboxylic acids is 1. The van der Waals surface area contributed by atoms with Gasteiger partial charge < -0.3 is 14.5 Å². The minimum atomic E-state index is -0.113. The third-order valence-corrected chi connectivity index (χ3v) is 5.51. The molecule has 2 aromatic carbocycles. The van der Waals surface area contributed by atoms with Gasteiger partial charge in [-0.05, 0) is 66.9 Å². The molecular formula is C27H25N5O2. The molecule has 1 N–H and O–H groups in total. The summed E-state index contributed by atoms with van der Waals surface area (Å²) in [5.41, 5.74) is 5.59. The smallest absolute Gasteiger partial charge is 0.251 e. The number of para-hydroxylation sites is 1. The molecule has 3 heterocycles. The monoisotopic (exact) mass is 451 g/mol. The number of nitrogens with one attached hydrogen (secondary N) is 1. The van der Waals surface area contributed by atoms with E-state index in [0.717, 1.165) is 22.6 Å². The Morgan fingerprint density at radius 3 is 2.62 bits per heavy atom. The fourth-order valence-corrected chi connectivity index (χ4v) is 3.72. The summed E-state index contributed by atoms with van der Waals surface area (Å²) >= 11 is 0. The number of ether oxygens (including phenoxy) is 1. The van der Waals surface area contributed by atoms with E-state index in [9.17, 15) is 4.79 Å². The third-order valence-electron chi connectivity index (χ3n) is 5.51. The molecule has 1 amide bonds. The maximum atomic E-state index is 12.5. The Morgan fingerprint density at radius 1 is 0.971 bits per heavy atom. The lowest BCUT2D eigenvalue weighted by molar-refractivity contribution is 0.0954. The summed E-state index contributed by atoms with van der Waals surface area (Å²) in [7, 11) is 0. The molecule has 0 aliphatic carbocycles. The number of imidazole rings is 1. The van der Waals surface area contributed by atoms with Crippen LogP contribution in [0.25, 0.3) is 11.3 Å². The Labute approximate surface area is 197 Å². The van der Waals surface area contributed by atoms with E-state index < -0.39 is 0 Å². The van der Waals surface area contributed by atoms with Crippen LogP contribution in [0.2, 0.25) is 0 Å². The molecule has 7 nitrogen and oxygen atoms in total. The van der Waals surface area contributed by atoms with Crippen LogP contribution in [0.3, 0.4) is 0 Å². The summed E-state index contributed by atoms with van der Waals surface area (Å²) in [6, 6.07) is 21.1. The van der Waals surface area contributed by atoms with Crippen molar-refractivity contribution < 1.29 is 9.53 Å². The van der Waals surface area contributed by atoms with Crippen molar-refractivity contribution in [3.05, 3.63) is 114 Å². The number of pyridine rings is 1. The molecule has 0 fully saturated rings. The summed E-state index contributed by atoms with van der Waals surface area (Å²) in [5.74, 6) is 0.579. The van der Waals surface area contributed by atoms with E-state index in [1.54, 1.807) is 24.3 Å². The van der Waals surface area contributed by atoms with Crippen molar-refractivity contribution in [1.82, 2.24) is 24.5 Å². The topological polar surface area (TPSA) is 73.4 Å². The first-order valence-corrected chi connectivity index (χ1v) is 11.2. The quantitative estimate of drug-likeness (QED) is 0.380. The number of amides is 1. The molecule has 0 aliphatic rings. The fraction of sp³-hybridized carbons (Fsp3) is 0.148. The van der Waals surface area contributed by atoms with Gasteiger partial charge in [-0.2, -0.15) is 5.10 Å². The van der Waals surface area contributed by atoms with Crippen LogP contribution >= 0.6 is 0 Å². The standard InChI is InChI=1S/C27H25N5O2/c1-20-7-12-26-30-23(18-31(26)16-20)19-34-25-10-8-22(9-11-25)27(33)28-14-13-21-15-29-32(17-21)24-5-3-2-4-6-24/h2-12,15-18H,13-14,19H2,1H3,(H,28,33). The first-order chi connectivity index (χ1) is 16.6. The van der Waals surface area contributed by atoms with Crippen molar-refractivity contribution in [3.63, 3.8) is 0 Å². The molecule has 170 valence electrons. The summed E-state index contributed by atoms with van der Waals surface area (Å²) in [4.78, 5) is 17.1. The van der Waals surface area contributed by atoms with E-state index in [-0.39, 0.29) is 5.91 Å². The molecule has 0 saturated carbocycles. The van der Waals surface area contributed by atoms with Crippen LogP contribution < -0.4 is 10.1 Å². The Balaban J connectivity index is 1.11. The molecule has 0 unspecified atom stereocenters. The average Bonchev–Trinajstić information content (AvgIpc) is 3.50. The van der Waals surface area contributed by atoms with Gasteiger partial charge >= 0.3 is 0 Å².